The van der Waals surface area contributed by atoms with E-state index < -0.39 is 0 Å². The highest BCUT2D eigenvalue weighted by atomic mass is 35.5. The molecule has 0 bridgehead atoms. The van der Waals surface area contributed by atoms with Crippen molar-refractivity contribution >= 4 is 18.3 Å². The summed E-state index contributed by atoms with van der Waals surface area (Å²) in [5, 5.41) is 0. The first kappa shape index (κ1) is 18.0. The summed E-state index contributed by atoms with van der Waals surface area (Å²) in [6.45, 7) is 5.78. The Balaban J connectivity index is 0.00000220. The Hall–Kier alpha value is -1.06. The van der Waals surface area contributed by atoms with E-state index in [4.69, 9.17) is 5.73 Å². The Morgan fingerprint density at radius 2 is 2.00 bits per heavy atom. The van der Waals surface area contributed by atoms with E-state index in [1.807, 2.05) is 23.1 Å². The van der Waals surface area contributed by atoms with Crippen LogP contribution in [0.25, 0.3) is 0 Å². The minimum absolute atomic E-state index is 0. The fourth-order valence-electron chi connectivity index (χ4n) is 3.11. The standard InChI is InChI=1S/C17H26N2O.ClH/c1-3-7-13(2)10-17(20)19-11-15(16(18)12-19)14-8-5-4-6-9-14;/h4-6,8-9,13,15-16H,3,7,10-12,18H2,1-2H3;1H/t13?,15-,16+;/m0./s1. The molecular formula is C17H27ClN2O. The molecule has 1 saturated heterocycles. The number of halogens is 1. The van der Waals surface area contributed by atoms with Crippen molar-refractivity contribution in [1.82, 2.24) is 4.90 Å². The third-order valence-corrected chi connectivity index (χ3v) is 4.25. The lowest BCUT2D eigenvalue weighted by molar-refractivity contribution is -0.131. The molecule has 0 radical (unpaired) electrons. The van der Waals surface area contributed by atoms with Crippen LogP contribution in [0.5, 0.6) is 0 Å². The van der Waals surface area contributed by atoms with Crippen molar-refractivity contribution in [3.8, 4) is 0 Å². The number of amides is 1. The van der Waals surface area contributed by atoms with E-state index in [0.717, 1.165) is 19.4 Å². The molecule has 0 aliphatic carbocycles. The van der Waals surface area contributed by atoms with Gasteiger partial charge < -0.3 is 10.6 Å². The summed E-state index contributed by atoms with van der Waals surface area (Å²) in [7, 11) is 0. The molecule has 1 aromatic rings. The summed E-state index contributed by atoms with van der Waals surface area (Å²) in [6.07, 6.45) is 2.91. The maximum absolute atomic E-state index is 12.3. The second-order valence-electron chi connectivity index (χ2n) is 6.08. The van der Waals surface area contributed by atoms with Crippen molar-refractivity contribution in [2.45, 2.75) is 45.1 Å². The minimum atomic E-state index is 0. The van der Waals surface area contributed by atoms with Crippen LogP contribution in [0.1, 0.15) is 44.6 Å². The fraction of sp³-hybridized carbons (Fsp3) is 0.588. The normalized spacial score (nSPS) is 22.7. The van der Waals surface area contributed by atoms with Gasteiger partial charge in [0.15, 0.2) is 0 Å². The van der Waals surface area contributed by atoms with Gasteiger partial charge in [-0.05, 0) is 11.5 Å². The molecule has 1 aliphatic heterocycles. The van der Waals surface area contributed by atoms with E-state index >= 15 is 0 Å². The molecule has 1 unspecified atom stereocenters. The number of likely N-dealkylation sites (tertiary alicyclic amines) is 1. The van der Waals surface area contributed by atoms with Crippen LogP contribution in [0.15, 0.2) is 30.3 Å². The number of rotatable bonds is 5. The first-order valence-electron chi connectivity index (χ1n) is 7.70. The molecule has 0 aromatic heterocycles. The zero-order valence-corrected chi connectivity index (χ0v) is 13.8. The van der Waals surface area contributed by atoms with E-state index in [1.54, 1.807) is 0 Å². The van der Waals surface area contributed by atoms with Gasteiger partial charge in [-0.25, -0.2) is 0 Å². The van der Waals surface area contributed by atoms with Crippen molar-refractivity contribution < 1.29 is 4.79 Å². The Labute approximate surface area is 134 Å². The van der Waals surface area contributed by atoms with Crippen molar-refractivity contribution in [3.63, 3.8) is 0 Å². The zero-order chi connectivity index (χ0) is 14.5. The van der Waals surface area contributed by atoms with Crippen LogP contribution >= 0.6 is 12.4 Å². The van der Waals surface area contributed by atoms with Gasteiger partial charge in [-0.2, -0.15) is 0 Å². The van der Waals surface area contributed by atoms with E-state index in [0.29, 0.717) is 18.9 Å². The summed E-state index contributed by atoms with van der Waals surface area (Å²) in [5.41, 5.74) is 7.48. The van der Waals surface area contributed by atoms with Gasteiger partial charge >= 0.3 is 0 Å². The van der Waals surface area contributed by atoms with Crippen LogP contribution in [-0.2, 0) is 4.79 Å². The van der Waals surface area contributed by atoms with Gasteiger partial charge in [0.2, 0.25) is 5.91 Å². The van der Waals surface area contributed by atoms with E-state index in [2.05, 4.69) is 26.0 Å². The highest BCUT2D eigenvalue weighted by molar-refractivity contribution is 5.85. The molecule has 4 heteroatoms. The number of benzene rings is 1. The lowest BCUT2D eigenvalue weighted by atomic mass is 9.95. The highest BCUT2D eigenvalue weighted by Gasteiger charge is 2.33. The van der Waals surface area contributed by atoms with Crippen molar-refractivity contribution in [2.24, 2.45) is 11.7 Å². The second kappa shape index (κ2) is 8.40. The summed E-state index contributed by atoms with van der Waals surface area (Å²) >= 11 is 0. The molecule has 2 rings (SSSR count). The number of hydrogen-bond donors (Lipinski definition) is 1. The van der Waals surface area contributed by atoms with Gasteiger partial charge in [-0.1, -0.05) is 57.0 Å². The van der Waals surface area contributed by atoms with Crippen LogP contribution in [0.2, 0.25) is 0 Å². The van der Waals surface area contributed by atoms with Crippen molar-refractivity contribution in [2.75, 3.05) is 13.1 Å². The number of nitrogens with two attached hydrogens (primary N) is 1. The third-order valence-electron chi connectivity index (χ3n) is 4.25. The molecule has 0 spiro atoms. The summed E-state index contributed by atoms with van der Waals surface area (Å²) < 4.78 is 0. The van der Waals surface area contributed by atoms with E-state index in [-0.39, 0.29) is 30.3 Å². The van der Waals surface area contributed by atoms with Crippen LogP contribution in [-0.4, -0.2) is 29.9 Å². The lowest BCUT2D eigenvalue weighted by Crippen LogP contribution is -2.32. The largest absolute Gasteiger partial charge is 0.340 e. The number of nitrogens with zero attached hydrogens (tertiary/aromatic N) is 1. The van der Waals surface area contributed by atoms with Gasteiger partial charge in [-0.3, -0.25) is 4.79 Å². The minimum Gasteiger partial charge on any atom is -0.340 e. The molecule has 1 amide bonds. The molecule has 21 heavy (non-hydrogen) atoms. The molecule has 2 N–H and O–H groups in total. The fourth-order valence-corrected chi connectivity index (χ4v) is 3.11. The number of carbonyl (C=O) groups excluding carboxylic acids is 1. The Kier molecular flexibility index (Phi) is 7.20. The van der Waals surface area contributed by atoms with Crippen LogP contribution in [0.4, 0.5) is 0 Å². The number of hydrogen-bond acceptors (Lipinski definition) is 2. The summed E-state index contributed by atoms with van der Waals surface area (Å²) in [6, 6.07) is 10.4. The number of carbonyl (C=O) groups is 1. The average molecular weight is 311 g/mol. The topological polar surface area (TPSA) is 46.3 Å². The van der Waals surface area contributed by atoms with Crippen LogP contribution < -0.4 is 5.73 Å². The maximum atomic E-state index is 12.3. The van der Waals surface area contributed by atoms with Gasteiger partial charge in [0.05, 0.1) is 0 Å². The van der Waals surface area contributed by atoms with Gasteiger partial charge in [-0.15, -0.1) is 12.4 Å². The third kappa shape index (κ3) is 4.72. The first-order valence-corrected chi connectivity index (χ1v) is 7.70. The quantitative estimate of drug-likeness (QED) is 0.908. The van der Waals surface area contributed by atoms with E-state index in [9.17, 15) is 4.79 Å². The van der Waals surface area contributed by atoms with Crippen LogP contribution in [0, 0.1) is 5.92 Å². The SMILES string of the molecule is CCCC(C)CC(=O)N1C[C@@H](N)[C@H](c2ccccc2)C1.Cl. The zero-order valence-electron chi connectivity index (χ0n) is 13.0. The van der Waals surface area contributed by atoms with Crippen molar-refractivity contribution in [1.29, 1.82) is 0 Å². The predicted octanol–water partition coefficient (Wildman–Crippen LogP) is 3.19. The monoisotopic (exact) mass is 310 g/mol. The van der Waals surface area contributed by atoms with Crippen molar-refractivity contribution in [3.05, 3.63) is 35.9 Å². The molecule has 3 atom stereocenters. The van der Waals surface area contributed by atoms with Gasteiger partial charge in [0.1, 0.15) is 0 Å². The smallest absolute Gasteiger partial charge is 0.222 e. The second-order valence-corrected chi connectivity index (χ2v) is 6.08. The van der Waals surface area contributed by atoms with Gasteiger partial charge in [0, 0.05) is 31.5 Å². The van der Waals surface area contributed by atoms with E-state index in [1.165, 1.54) is 5.56 Å². The Morgan fingerprint density at radius 3 is 2.62 bits per heavy atom. The molecule has 1 fully saturated rings. The average Bonchev–Trinajstić information content (AvgIpc) is 2.82. The maximum Gasteiger partial charge on any atom is 0.222 e. The van der Waals surface area contributed by atoms with Crippen LogP contribution in [0.3, 0.4) is 0 Å². The molecule has 0 saturated carbocycles. The Morgan fingerprint density at radius 1 is 1.33 bits per heavy atom. The lowest BCUT2D eigenvalue weighted by Gasteiger charge is -2.19. The summed E-state index contributed by atoms with van der Waals surface area (Å²) in [4.78, 5) is 14.3. The summed E-state index contributed by atoms with van der Waals surface area (Å²) in [5.74, 6) is 1.01. The molecule has 1 aromatic carbocycles. The molecule has 118 valence electrons. The first-order chi connectivity index (χ1) is 9.61. The highest BCUT2D eigenvalue weighted by Crippen LogP contribution is 2.27. The molecule has 1 aliphatic rings. The van der Waals surface area contributed by atoms with Gasteiger partial charge in [0.25, 0.3) is 0 Å². The molecule has 3 nitrogen and oxygen atoms in total. The Bertz CT molecular complexity index is 438. The molecular weight excluding hydrogens is 284 g/mol. The predicted molar refractivity (Wildman–Crippen MR) is 89.7 cm³/mol. The molecule has 1 heterocycles.